The van der Waals surface area contributed by atoms with Crippen LogP contribution in [-0.2, 0) is 11.5 Å². The van der Waals surface area contributed by atoms with E-state index in [1.165, 1.54) is 21.6 Å². The number of ether oxygens (including phenoxy) is 1. The van der Waals surface area contributed by atoms with Gasteiger partial charge in [0.15, 0.2) is 18.3 Å². The number of halogens is 2. The van der Waals surface area contributed by atoms with Crippen molar-refractivity contribution in [3.63, 3.8) is 0 Å². The third kappa shape index (κ3) is 4.29. The standard InChI is InChI=1S/C19H19F2N5O4/c1-10-17(23-18(27)12(3)25-8-13(7-22-25)19(28)29)11(2)26(24-10)9-30-16-5-4-14(20)6-15(16)21/h4-8,12H,9H2,1-3H3,(H,23,27)(H,28,29). The molecule has 0 saturated heterocycles. The van der Waals surface area contributed by atoms with Crippen LogP contribution in [-0.4, -0.2) is 36.5 Å². The van der Waals surface area contributed by atoms with Crippen LogP contribution in [0.25, 0.3) is 0 Å². The van der Waals surface area contributed by atoms with Crippen LogP contribution < -0.4 is 10.1 Å². The monoisotopic (exact) mass is 419 g/mol. The topological polar surface area (TPSA) is 111 Å². The van der Waals surface area contributed by atoms with Crippen LogP contribution in [0.3, 0.4) is 0 Å². The molecule has 2 N–H and O–H groups in total. The summed E-state index contributed by atoms with van der Waals surface area (Å²) >= 11 is 0. The first kappa shape index (κ1) is 21.0. The number of nitrogens with zero attached hydrogens (tertiary/aromatic N) is 4. The lowest BCUT2D eigenvalue weighted by molar-refractivity contribution is -0.119. The Kier molecular flexibility index (Phi) is 5.81. The zero-order chi connectivity index (χ0) is 22.0. The van der Waals surface area contributed by atoms with Gasteiger partial charge in [-0.2, -0.15) is 10.2 Å². The first-order valence-corrected chi connectivity index (χ1v) is 8.87. The second-order valence-electron chi connectivity index (χ2n) is 6.57. The van der Waals surface area contributed by atoms with Crippen molar-refractivity contribution in [2.75, 3.05) is 5.32 Å². The quantitative estimate of drug-likeness (QED) is 0.609. The third-order valence-corrected chi connectivity index (χ3v) is 4.49. The molecule has 1 aromatic carbocycles. The van der Waals surface area contributed by atoms with Gasteiger partial charge in [0.25, 0.3) is 0 Å². The molecule has 0 aliphatic carbocycles. The smallest absolute Gasteiger partial charge is 0.338 e. The highest BCUT2D eigenvalue weighted by Gasteiger charge is 2.21. The van der Waals surface area contributed by atoms with Gasteiger partial charge in [-0.15, -0.1) is 0 Å². The van der Waals surface area contributed by atoms with Gasteiger partial charge in [0.2, 0.25) is 5.91 Å². The van der Waals surface area contributed by atoms with E-state index < -0.39 is 29.6 Å². The van der Waals surface area contributed by atoms with Gasteiger partial charge in [-0.25, -0.2) is 18.3 Å². The van der Waals surface area contributed by atoms with E-state index in [9.17, 15) is 18.4 Å². The zero-order valence-corrected chi connectivity index (χ0v) is 16.4. The van der Waals surface area contributed by atoms with E-state index in [0.29, 0.717) is 23.1 Å². The predicted molar refractivity (Wildman–Crippen MR) is 101 cm³/mol. The fourth-order valence-electron chi connectivity index (χ4n) is 2.73. The largest absolute Gasteiger partial charge is 0.478 e. The van der Waals surface area contributed by atoms with Gasteiger partial charge in [-0.05, 0) is 32.9 Å². The first-order chi connectivity index (χ1) is 14.2. The van der Waals surface area contributed by atoms with Crippen molar-refractivity contribution in [1.29, 1.82) is 0 Å². The van der Waals surface area contributed by atoms with Crippen LogP contribution in [0.15, 0.2) is 30.6 Å². The van der Waals surface area contributed by atoms with Gasteiger partial charge in [0.1, 0.15) is 11.9 Å². The van der Waals surface area contributed by atoms with E-state index in [1.54, 1.807) is 20.8 Å². The second-order valence-corrected chi connectivity index (χ2v) is 6.57. The highest BCUT2D eigenvalue weighted by molar-refractivity contribution is 5.94. The molecule has 0 aliphatic rings. The number of amides is 1. The molecular formula is C19H19F2N5O4. The summed E-state index contributed by atoms with van der Waals surface area (Å²) in [7, 11) is 0. The van der Waals surface area contributed by atoms with Crippen molar-refractivity contribution in [2.24, 2.45) is 0 Å². The number of carbonyl (C=O) groups is 2. The zero-order valence-electron chi connectivity index (χ0n) is 16.4. The summed E-state index contributed by atoms with van der Waals surface area (Å²) in [6, 6.07) is 2.20. The molecule has 0 bridgehead atoms. The number of aromatic carboxylic acids is 1. The average molecular weight is 419 g/mol. The normalized spacial score (nSPS) is 11.9. The molecule has 0 radical (unpaired) electrons. The average Bonchev–Trinajstić information content (AvgIpc) is 3.28. The van der Waals surface area contributed by atoms with Crippen LogP contribution in [0.2, 0.25) is 0 Å². The minimum atomic E-state index is -1.14. The molecule has 1 unspecified atom stereocenters. The molecule has 3 aromatic rings. The van der Waals surface area contributed by atoms with Crippen molar-refractivity contribution >= 4 is 17.6 Å². The number of hydrogen-bond donors (Lipinski definition) is 2. The van der Waals surface area contributed by atoms with E-state index in [4.69, 9.17) is 9.84 Å². The molecule has 158 valence electrons. The summed E-state index contributed by atoms with van der Waals surface area (Å²) in [5.41, 5.74) is 1.48. The number of anilines is 1. The Morgan fingerprint density at radius 2 is 2.03 bits per heavy atom. The van der Waals surface area contributed by atoms with Crippen LogP contribution in [0, 0.1) is 25.5 Å². The van der Waals surface area contributed by atoms with Gasteiger partial charge in [-0.3, -0.25) is 9.48 Å². The van der Waals surface area contributed by atoms with Gasteiger partial charge in [-0.1, -0.05) is 0 Å². The molecule has 1 amide bonds. The summed E-state index contributed by atoms with van der Waals surface area (Å²) in [4.78, 5) is 23.6. The van der Waals surface area contributed by atoms with Crippen molar-refractivity contribution in [1.82, 2.24) is 19.6 Å². The molecule has 2 heterocycles. The minimum absolute atomic E-state index is 0.0278. The van der Waals surface area contributed by atoms with E-state index in [0.717, 1.165) is 12.3 Å². The predicted octanol–water partition coefficient (Wildman–Crippen LogP) is 2.91. The second kappa shape index (κ2) is 8.31. The molecule has 11 heteroatoms. The minimum Gasteiger partial charge on any atom is -0.478 e. The number of carboxylic acid groups (broad SMARTS) is 1. The van der Waals surface area contributed by atoms with Crippen molar-refractivity contribution in [2.45, 2.75) is 33.5 Å². The number of aromatic nitrogens is 4. The third-order valence-electron chi connectivity index (χ3n) is 4.49. The maximum Gasteiger partial charge on any atom is 0.338 e. The van der Waals surface area contributed by atoms with Crippen LogP contribution in [0.5, 0.6) is 5.75 Å². The summed E-state index contributed by atoms with van der Waals surface area (Å²) in [6.45, 7) is 4.80. The molecule has 9 nitrogen and oxygen atoms in total. The first-order valence-electron chi connectivity index (χ1n) is 8.87. The number of carbonyl (C=O) groups excluding carboxylic acids is 1. The Morgan fingerprint density at radius 1 is 1.30 bits per heavy atom. The molecule has 30 heavy (non-hydrogen) atoms. The van der Waals surface area contributed by atoms with Crippen molar-refractivity contribution < 1.29 is 28.2 Å². The molecule has 2 aromatic heterocycles. The van der Waals surface area contributed by atoms with Crippen LogP contribution >= 0.6 is 0 Å². The Balaban J connectivity index is 1.71. The van der Waals surface area contributed by atoms with Gasteiger partial charge < -0.3 is 15.2 Å². The van der Waals surface area contributed by atoms with E-state index in [1.807, 2.05) is 0 Å². The van der Waals surface area contributed by atoms with Crippen LogP contribution in [0.1, 0.15) is 34.7 Å². The van der Waals surface area contributed by atoms with Crippen molar-refractivity contribution in [3.05, 3.63) is 59.2 Å². The van der Waals surface area contributed by atoms with E-state index in [2.05, 4.69) is 15.5 Å². The SMILES string of the molecule is Cc1nn(COc2ccc(F)cc2F)c(C)c1NC(=O)C(C)n1cc(C(=O)O)cn1. The Bertz CT molecular complexity index is 1110. The fraction of sp³-hybridized carbons (Fsp3) is 0.263. The highest BCUT2D eigenvalue weighted by atomic mass is 19.1. The molecule has 3 rings (SSSR count). The number of benzene rings is 1. The lowest BCUT2D eigenvalue weighted by Crippen LogP contribution is -2.24. The van der Waals surface area contributed by atoms with Gasteiger partial charge in [0, 0.05) is 12.3 Å². The van der Waals surface area contributed by atoms with E-state index >= 15 is 0 Å². The number of aryl methyl sites for hydroxylation is 1. The Hall–Kier alpha value is -3.76. The summed E-state index contributed by atoms with van der Waals surface area (Å²) in [6.07, 6.45) is 2.42. The van der Waals surface area contributed by atoms with Crippen molar-refractivity contribution in [3.8, 4) is 5.75 Å². The molecule has 0 saturated carbocycles. The maximum atomic E-state index is 13.7. The molecular weight excluding hydrogens is 400 g/mol. The molecule has 0 spiro atoms. The van der Waals surface area contributed by atoms with Crippen LogP contribution in [0.4, 0.5) is 14.5 Å². The fourth-order valence-corrected chi connectivity index (χ4v) is 2.73. The maximum absolute atomic E-state index is 13.7. The Morgan fingerprint density at radius 3 is 2.67 bits per heavy atom. The Labute approximate surface area is 169 Å². The number of hydrogen-bond acceptors (Lipinski definition) is 5. The molecule has 1 atom stereocenters. The summed E-state index contributed by atoms with van der Waals surface area (Å²) in [5, 5.41) is 19.9. The van der Waals surface area contributed by atoms with Gasteiger partial charge in [0.05, 0.1) is 28.8 Å². The summed E-state index contributed by atoms with van der Waals surface area (Å²) < 4.78 is 34.7. The lowest BCUT2D eigenvalue weighted by atomic mass is 10.2. The highest BCUT2D eigenvalue weighted by Crippen LogP contribution is 2.23. The van der Waals surface area contributed by atoms with Gasteiger partial charge >= 0.3 is 5.97 Å². The number of rotatable bonds is 7. The lowest BCUT2D eigenvalue weighted by Gasteiger charge is -2.13. The van der Waals surface area contributed by atoms with E-state index in [-0.39, 0.29) is 18.0 Å². The number of nitrogens with one attached hydrogen (secondary N) is 1. The number of carboxylic acids is 1. The molecule has 0 aliphatic heterocycles. The molecule has 0 fully saturated rings. The summed E-state index contributed by atoms with van der Waals surface area (Å²) in [5.74, 6) is -3.24.